The second-order valence-corrected chi connectivity index (χ2v) is 28.3. The van der Waals surface area contributed by atoms with Crippen LogP contribution >= 0.6 is 15.6 Å². The number of phosphoric acid groups is 2. The maximum atomic E-state index is 13.0. The summed E-state index contributed by atoms with van der Waals surface area (Å²) in [6.07, 6.45) is 50.7. The molecule has 0 saturated heterocycles. The number of unbranched alkanes of at least 4 members (excludes halogenated alkanes) is 33. The molecule has 17 nitrogen and oxygen atoms in total. The molecule has 0 aliphatic heterocycles. The van der Waals surface area contributed by atoms with Crippen LogP contribution in [0, 0.1) is 11.8 Å². The summed E-state index contributed by atoms with van der Waals surface area (Å²) < 4.78 is 68.2. The number of aliphatic hydroxyl groups excluding tert-OH is 1. The van der Waals surface area contributed by atoms with Crippen molar-refractivity contribution in [2.75, 3.05) is 39.6 Å². The molecule has 0 rings (SSSR count). The second-order valence-electron chi connectivity index (χ2n) is 25.4. The Hall–Kier alpha value is -2.46. The standard InChI is InChI=1S/C71H134O17P2/c1-7-11-13-15-17-18-19-20-21-22-23-31-37-43-49-55-70(75)88-67(60-82-69(74)54-48-42-36-30-26-24-28-34-39-45-51-63(5)9-3)62-86-90(79,80)84-58-65(72)57-83-89(77,78)85-61-66(59-81-68(73)53-47-41-33-16-14-12-8-2)87-71(76)56-50-44-38-32-27-25-29-35-40-46-52-64(6)10-4/h18-21,63-67,72H,7-17,22-62H2,1-6H3,(H,77,78)(H,79,80)/b19-18-,21-20-/t63?,64?,65-,66+,67+/m0/s1. The molecule has 19 heteroatoms. The summed E-state index contributed by atoms with van der Waals surface area (Å²) in [6.45, 7) is 9.50. The first-order valence-corrected chi connectivity index (χ1v) is 39.4. The van der Waals surface area contributed by atoms with Gasteiger partial charge >= 0.3 is 39.5 Å². The second kappa shape index (κ2) is 62.6. The molecule has 0 aliphatic rings. The summed E-state index contributed by atoms with van der Waals surface area (Å²) in [6, 6.07) is 0. The van der Waals surface area contributed by atoms with Crippen molar-refractivity contribution in [3.63, 3.8) is 0 Å². The Morgan fingerprint density at radius 1 is 0.356 bits per heavy atom. The van der Waals surface area contributed by atoms with Gasteiger partial charge in [0, 0.05) is 25.7 Å². The molecule has 0 bridgehead atoms. The van der Waals surface area contributed by atoms with Crippen LogP contribution < -0.4 is 0 Å². The minimum atomic E-state index is -4.96. The van der Waals surface area contributed by atoms with E-state index in [9.17, 15) is 43.2 Å². The van der Waals surface area contributed by atoms with E-state index in [-0.39, 0.29) is 25.7 Å². The third-order valence-electron chi connectivity index (χ3n) is 16.6. The van der Waals surface area contributed by atoms with E-state index in [1.165, 1.54) is 128 Å². The van der Waals surface area contributed by atoms with E-state index in [2.05, 4.69) is 65.8 Å². The molecule has 0 amide bonds. The van der Waals surface area contributed by atoms with Crippen LogP contribution in [0.4, 0.5) is 0 Å². The highest BCUT2D eigenvalue weighted by Crippen LogP contribution is 2.45. The van der Waals surface area contributed by atoms with Gasteiger partial charge in [0.15, 0.2) is 12.2 Å². The Labute approximate surface area is 548 Å². The zero-order valence-corrected chi connectivity index (χ0v) is 59.7. The fraction of sp³-hybridized carbons (Fsp3) is 0.887. The fourth-order valence-corrected chi connectivity index (χ4v) is 11.7. The number of hydrogen-bond acceptors (Lipinski definition) is 15. The summed E-state index contributed by atoms with van der Waals surface area (Å²) in [7, 11) is -9.91. The number of ether oxygens (including phenoxy) is 4. The molecule has 0 aromatic carbocycles. The number of hydrogen-bond donors (Lipinski definition) is 3. The molecular weight excluding hydrogens is 1190 g/mol. The maximum Gasteiger partial charge on any atom is 0.472 e. The zero-order chi connectivity index (χ0) is 66.5. The molecule has 0 fully saturated rings. The van der Waals surface area contributed by atoms with Crippen molar-refractivity contribution in [3.05, 3.63) is 24.3 Å². The highest BCUT2D eigenvalue weighted by Gasteiger charge is 2.30. The van der Waals surface area contributed by atoms with Gasteiger partial charge in [0.05, 0.1) is 26.4 Å². The molecular formula is C71H134O17P2. The van der Waals surface area contributed by atoms with Gasteiger partial charge in [-0.1, -0.05) is 284 Å². The lowest BCUT2D eigenvalue weighted by atomic mass is 9.99. The van der Waals surface area contributed by atoms with Crippen molar-refractivity contribution < 1.29 is 80.2 Å². The first-order chi connectivity index (χ1) is 43.4. The van der Waals surface area contributed by atoms with Gasteiger partial charge in [-0.2, -0.15) is 0 Å². The molecule has 0 spiro atoms. The summed E-state index contributed by atoms with van der Waals surface area (Å²) >= 11 is 0. The molecule has 7 atom stereocenters. The minimum absolute atomic E-state index is 0.0847. The highest BCUT2D eigenvalue weighted by molar-refractivity contribution is 7.47. The Morgan fingerprint density at radius 3 is 0.944 bits per heavy atom. The smallest absolute Gasteiger partial charge is 0.462 e. The largest absolute Gasteiger partial charge is 0.472 e. The van der Waals surface area contributed by atoms with Gasteiger partial charge in [-0.3, -0.25) is 37.3 Å². The van der Waals surface area contributed by atoms with Crippen LogP contribution in [0.15, 0.2) is 24.3 Å². The van der Waals surface area contributed by atoms with Crippen LogP contribution in [0.1, 0.15) is 337 Å². The van der Waals surface area contributed by atoms with Crippen LogP contribution in [-0.2, 0) is 65.4 Å². The van der Waals surface area contributed by atoms with Gasteiger partial charge in [-0.05, 0) is 63.2 Å². The molecule has 0 saturated carbocycles. The monoisotopic (exact) mass is 1320 g/mol. The lowest BCUT2D eigenvalue weighted by Gasteiger charge is -2.21. The molecule has 0 aliphatic carbocycles. The van der Waals surface area contributed by atoms with Crippen molar-refractivity contribution >= 4 is 39.5 Å². The van der Waals surface area contributed by atoms with Crippen LogP contribution in [0.2, 0.25) is 0 Å². The minimum Gasteiger partial charge on any atom is -0.462 e. The van der Waals surface area contributed by atoms with E-state index in [1.54, 1.807) is 0 Å². The van der Waals surface area contributed by atoms with Crippen molar-refractivity contribution in [2.45, 2.75) is 355 Å². The van der Waals surface area contributed by atoms with Crippen LogP contribution in [0.25, 0.3) is 0 Å². The average Bonchev–Trinajstić information content (AvgIpc) is 3.71. The van der Waals surface area contributed by atoms with E-state index in [1.807, 2.05) is 0 Å². The van der Waals surface area contributed by atoms with E-state index in [4.69, 9.17) is 37.0 Å². The van der Waals surface area contributed by atoms with Crippen molar-refractivity contribution in [1.29, 1.82) is 0 Å². The van der Waals surface area contributed by atoms with Gasteiger partial charge in [-0.15, -0.1) is 0 Å². The van der Waals surface area contributed by atoms with Crippen molar-refractivity contribution in [2.24, 2.45) is 11.8 Å². The third kappa shape index (κ3) is 61.7. The summed E-state index contributed by atoms with van der Waals surface area (Å²) in [5.41, 5.74) is 0. The molecule has 0 radical (unpaired) electrons. The van der Waals surface area contributed by atoms with Crippen LogP contribution in [0.3, 0.4) is 0 Å². The molecule has 0 heterocycles. The van der Waals surface area contributed by atoms with Gasteiger partial charge < -0.3 is 33.8 Å². The summed E-state index contributed by atoms with van der Waals surface area (Å²) in [5, 5.41) is 10.6. The molecule has 0 aromatic heterocycles. The van der Waals surface area contributed by atoms with E-state index >= 15 is 0 Å². The van der Waals surface area contributed by atoms with Gasteiger partial charge in [0.2, 0.25) is 0 Å². The van der Waals surface area contributed by atoms with Crippen LogP contribution in [-0.4, -0.2) is 96.7 Å². The first-order valence-electron chi connectivity index (χ1n) is 36.4. The summed E-state index contributed by atoms with van der Waals surface area (Å²) in [5.74, 6) is -0.549. The van der Waals surface area contributed by atoms with E-state index in [0.717, 1.165) is 127 Å². The Morgan fingerprint density at radius 2 is 0.622 bits per heavy atom. The fourth-order valence-electron chi connectivity index (χ4n) is 10.2. The number of esters is 4. The van der Waals surface area contributed by atoms with E-state index in [0.29, 0.717) is 25.7 Å². The quantitative estimate of drug-likeness (QED) is 0.0169. The third-order valence-corrected chi connectivity index (χ3v) is 18.5. The van der Waals surface area contributed by atoms with Crippen molar-refractivity contribution in [1.82, 2.24) is 0 Å². The number of carbonyl (C=O) groups excluding carboxylic acids is 4. The maximum absolute atomic E-state index is 13.0. The normalized spacial score (nSPS) is 14.9. The Kier molecular flexibility index (Phi) is 60.9. The van der Waals surface area contributed by atoms with E-state index < -0.39 is 97.5 Å². The molecule has 0 aromatic rings. The molecule has 530 valence electrons. The number of allylic oxidation sites excluding steroid dienone is 4. The van der Waals surface area contributed by atoms with Crippen molar-refractivity contribution in [3.8, 4) is 0 Å². The predicted molar refractivity (Wildman–Crippen MR) is 363 cm³/mol. The molecule has 3 N–H and O–H groups in total. The number of rotatable bonds is 68. The SMILES string of the molecule is CCCCCC/C=C\C=C/CCCCCCCC(=O)O[C@H](COC(=O)CCCCCCCCCCCCC(C)CC)COP(=O)(O)OC[C@@H](O)COP(=O)(O)OC[C@@H](COC(=O)CCCCCCCCC)OC(=O)CCCCCCCCCCCCC(C)CC. The lowest BCUT2D eigenvalue weighted by Crippen LogP contribution is -2.30. The Balaban J connectivity index is 5.26. The molecule has 90 heavy (non-hydrogen) atoms. The number of aliphatic hydroxyl groups is 1. The average molecular weight is 1320 g/mol. The highest BCUT2D eigenvalue weighted by atomic mass is 31.2. The van der Waals surface area contributed by atoms with Crippen LogP contribution in [0.5, 0.6) is 0 Å². The number of carbonyl (C=O) groups is 4. The van der Waals surface area contributed by atoms with Gasteiger partial charge in [0.25, 0.3) is 0 Å². The lowest BCUT2D eigenvalue weighted by molar-refractivity contribution is -0.161. The van der Waals surface area contributed by atoms with Gasteiger partial charge in [-0.25, -0.2) is 9.13 Å². The van der Waals surface area contributed by atoms with Gasteiger partial charge in [0.1, 0.15) is 19.3 Å². The zero-order valence-electron chi connectivity index (χ0n) is 57.9. The predicted octanol–water partition coefficient (Wildman–Crippen LogP) is 19.9. The molecule has 4 unspecified atom stereocenters. The number of phosphoric ester groups is 2. The summed E-state index contributed by atoms with van der Waals surface area (Å²) in [4.78, 5) is 72.5. The topological polar surface area (TPSA) is 237 Å². The first kappa shape index (κ1) is 87.5. The Bertz CT molecular complexity index is 1850.